The Balaban J connectivity index is 1.73. The molecular formula is C18H20N2O5S. The summed E-state index contributed by atoms with van der Waals surface area (Å²) in [6.07, 6.45) is 1.55. The second-order valence-electron chi connectivity index (χ2n) is 5.65. The van der Waals surface area contributed by atoms with Crippen LogP contribution in [0.3, 0.4) is 0 Å². The first-order valence-corrected chi connectivity index (χ1v) is 9.09. The third-order valence-electron chi connectivity index (χ3n) is 4.02. The summed E-state index contributed by atoms with van der Waals surface area (Å²) >= 11 is 1.46. The predicted molar refractivity (Wildman–Crippen MR) is 97.0 cm³/mol. The Morgan fingerprint density at radius 2 is 2.19 bits per heavy atom. The molecule has 0 aliphatic carbocycles. The van der Waals surface area contributed by atoms with Crippen LogP contribution in [0, 0.1) is 0 Å². The maximum atomic E-state index is 12.3. The number of rotatable bonds is 7. The first-order chi connectivity index (χ1) is 12.6. The highest BCUT2D eigenvalue weighted by Gasteiger charge is 2.36. The molecule has 1 saturated heterocycles. The van der Waals surface area contributed by atoms with Crippen molar-refractivity contribution in [2.45, 2.75) is 11.9 Å². The SMILES string of the molecule is COc1ccc(OC)c(C2SCC(=O)N2CC(=O)NCc2ccco2)c1. The molecule has 2 aromatic rings. The van der Waals surface area contributed by atoms with Crippen molar-refractivity contribution in [2.24, 2.45) is 0 Å². The molecule has 0 saturated carbocycles. The fraction of sp³-hybridized carbons (Fsp3) is 0.333. The zero-order chi connectivity index (χ0) is 18.5. The summed E-state index contributed by atoms with van der Waals surface area (Å²) in [6, 6.07) is 8.97. The van der Waals surface area contributed by atoms with E-state index < -0.39 is 0 Å². The van der Waals surface area contributed by atoms with Gasteiger partial charge in [-0.2, -0.15) is 0 Å². The minimum atomic E-state index is -0.304. The molecule has 138 valence electrons. The lowest BCUT2D eigenvalue weighted by molar-refractivity contribution is -0.133. The lowest BCUT2D eigenvalue weighted by Gasteiger charge is -2.25. The molecule has 0 spiro atoms. The van der Waals surface area contributed by atoms with Crippen molar-refractivity contribution in [1.29, 1.82) is 0 Å². The molecular weight excluding hydrogens is 356 g/mol. The van der Waals surface area contributed by atoms with Crippen LogP contribution in [0.25, 0.3) is 0 Å². The van der Waals surface area contributed by atoms with E-state index in [1.807, 2.05) is 6.07 Å². The molecule has 1 aromatic carbocycles. The highest BCUT2D eigenvalue weighted by atomic mass is 32.2. The Hall–Kier alpha value is -2.61. The minimum Gasteiger partial charge on any atom is -0.497 e. The van der Waals surface area contributed by atoms with Crippen LogP contribution in [-0.2, 0) is 16.1 Å². The monoisotopic (exact) mass is 376 g/mol. The highest BCUT2D eigenvalue weighted by Crippen LogP contribution is 2.43. The summed E-state index contributed by atoms with van der Waals surface area (Å²) < 4.78 is 15.9. The van der Waals surface area contributed by atoms with Gasteiger partial charge in [0.2, 0.25) is 11.8 Å². The number of furan rings is 1. The van der Waals surface area contributed by atoms with Gasteiger partial charge in [-0.25, -0.2) is 0 Å². The number of methoxy groups -OCH3 is 2. The number of nitrogens with one attached hydrogen (secondary N) is 1. The van der Waals surface area contributed by atoms with Gasteiger partial charge in [0, 0.05) is 5.56 Å². The molecule has 1 unspecified atom stereocenters. The first-order valence-electron chi connectivity index (χ1n) is 8.04. The number of hydrogen-bond acceptors (Lipinski definition) is 6. The van der Waals surface area contributed by atoms with Gasteiger partial charge in [0.25, 0.3) is 0 Å². The highest BCUT2D eigenvalue weighted by molar-refractivity contribution is 8.00. The largest absolute Gasteiger partial charge is 0.497 e. The van der Waals surface area contributed by atoms with Crippen molar-refractivity contribution in [3.8, 4) is 11.5 Å². The van der Waals surface area contributed by atoms with Crippen molar-refractivity contribution in [2.75, 3.05) is 26.5 Å². The minimum absolute atomic E-state index is 0.0302. The summed E-state index contributed by atoms with van der Waals surface area (Å²) in [6.45, 7) is 0.256. The Bertz CT molecular complexity index is 778. The summed E-state index contributed by atoms with van der Waals surface area (Å²) in [4.78, 5) is 26.2. The van der Waals surface area contributed by atoms with E-state index in [9.17, 15) is 9.59 Å². The van der Waals surface area contributed by atoms with Crippen LogP contribution in [-0.4, -0.2) is 43.2 Å². The van der Waals surface area contributed by atoms with Crippen LogP contribution in [0.1, 0.15) is 16.7 Å². The molecule has 1 N–H and O–H groups in total. The van der Waals surface area contributed by atoms with E-state index in [0.717, 1.165) is 5.56 Å². The zero-order valence-corrected chi connectivity index (χ0v) is 15.4. The molecule has 1 aliphatic heterocycles. The summed E-state index contributed by atoms with van der Waals surface area (Å²) in [7, 11) is 3.16. The number of benzene rings is 1. The molecule has 7 nitrogen and oxygen atoms in total. The number of carbonyl (C=O) groups is 2. The van der Waals surface area contributed by atoms with Crippen LogP contribution < -0.4 is 14.8 Å². The number of thioether (sulfide) groups is 1. The molecule has 0 radical (unpaired) electrons. The summed E-state index contributed by atoms with van der Waals surface area (Å²) in [5.41, 5.74) is 0.807. The van der Waals surface area contributed by atoms with Crippen LogP contribution in [0.5, 0.6) is 11.5 Å². The van der Waals surface area contributed by atoms with Gasteiger partial charge in [-0.1, -0.05) is 0 Å². The Labute approximate surface area is 155 Å². The van der Waals surface area contributed by atoms with E-state index in [1.165, 1.54) is 11.8 Å². The van der Waals surface area contributed by atoms with E-state index in [0.29, 0.717) is 23.0 Å². The Kier molecular flexibility index (Phi) is 5.72. The van der Waals surface area contributed by atoms with Gasteiger partial charge in [0.15, 0.2) is 0 Å². The van der Waals surface area contributed by atoms with Crippen molar-refractivity contribution in [3.63, 3.8) is 0 Å². The molecule has 8 heteroatoms. The van der Waals surface area contributed by atoms with Crippen molar-refractivity contribution in [1.82, 2.24) is 10.2 Å². The lowest BCUT2D eigenvalue weighted by Crippen LogP contribution is -2.39. The van der Waals surface area contributed by atoms with Crippen LogP contribution >= 0.6 is 11.8 Å². The van der Waals surface area contributed by atoms with Gasteiger partial charge in [0.1, 0.15) is 29.2 Å². The fourth-order valence-electron chi connectivity index (χ4n) is 2.72. The van der Waals surface area contributed by atoms with E-state index in [-0.39, 0.29) is 30.3 Å². The van der Waals surface area contributed by atoms with Crippen LogP contribution in [0.2, 0.25) is 0 Å². The van der Waals surface area contributed by atoms with E-state index in [1.54, 1.807) is 49.6 Å². The van der Waals surface area contributed by atoms with Crippen LogP contribution in [0.4, 0.5) is 0 Å². The summed E-state index contributed by atoms with van der Waals surface area (Å²) in [5.74, 6) is 1.96. The third kappa shape index (κ3) is 3.96. The normalized spacial score (nSPS) is 16.6. The quantitative estimate of drug-likeness (QED) is 0.798. The second-order valence-corrected chi connectivity index (χ2v) is 6.72. The average Bonchev–Trinajstić information content (AvgIpc) is 3.30. The van der Waals surface area contributed by atoms with E-state index in [2.05, 4.69) is 5.32 Å². The van der Waals surface area contributed by atoms with Crippen molar-refractivity contribution in [3.05, 3.63) is 47.9 Å². The number of hydrogen-bond donors (Lipinski definition) is 1. The molecule has 0 bridgehead atoms. The van der Waals surface area contributed by atoms with Gasteiger partial charge in [-0.3, -0.25) is 9.59 Å². The molecule has 1 aromatic heterocycles. The standard InChI is InChI=1S/C18H20N2O5S/c1-23-12-5-6-15(24-2)14(8-12)18-20(17(22)11-26-18)10-16(21)19-9-13-4-3-7-25-13/h3-8,18H,9-11H2,1-2H3,(H,19,21). The topological polar surface area (TPSA) is 81.0 Å². The Morgan fingerprint density at radius 3 is 2.88 bits per heavy atom. The first kappa shape index (κ1) is 18.2. The number of amides is 2. The van der Waals surface area contributed by atoms with Crippen LogP contribution in [0.15, 0.2) is 41.0 Å². The second kappa shape index (κ2) is 8.18. The maximum absolute atomic E-state index is 12.3. The van der Waals surface area contributed by atoms with Gasteiger partial charge in [-0.05, 0) is 30.3 Å². The molecule has 26 heavy (non-hydrogen) atoms. The smallest absolute Gasteiger partial charge is 0.240 e. The van der Waals surface area contributed by atoms with Gasteiger partial charge in [-0.15, -0.1) is 11.8 Å². The molecule has 1 atom stereocenters. The lowest BCUT2D eigenvalue weighted by atomic mass is 10.1. The van der Waals surface area contributed by atoms with Gasteiger partial charge < -0.3 is 24.1 Å². The van der Waals surface area contributed by atoms with E-state index in [4.69, 9.17) is 13.9 Å². The summed E-state index contributed by atoms with van der Waals surface area (Å²) in [5, 5.41) is 2.46. The number of ether oxygens (including phenoxy) is 2. The van der Waals surface area contributed by atoms with Crippen molar-refractivity contribution >= 4 is 23.6 Å². The predicted octanol–water partition coefficient (Wildman–Crippen LogP) is 2.19. The Morgan fingerprint density at radius 1 is 1.35 bits per heavy atom. The molecule has 1 fully saturated rings. The molecule has 1 aliphatic rings. The molecule has 2 heterocycles. The average molecular weight is 376 g/mol. The fourth-order valence-corrected chi connectivity index (χ4v) is 3.93. The molecule has 2 amide bonds. The number of carbonyl (C=O) groups excluding carboxylic acids is 2. The van der Waals surface area contributed by atoms with Crippen molar-refractivity contribution < 1.29 is 23.5 Å². The van der Waals surface area contributed by atoms with E-state index >= 15 is 0 Å². The van der Waals surface area contributed by atoms with Gasteiger partial charge in [0.05, 0.1) is 32.8 Å². The van der Waals surface area contributed by atoms with Gasteiger partial charge >= 0.3 is 0 Å². The zero-order valence-electron chi connectivity index (χ0n) is 14.6. The molecule has 3 rings (SSSR count). The maximum Gasteiger partial charge on any atom is 0.240 e. The number of nitrogens with zero attached hydrogens (tertiary/aromatic N) is 1. The third-order valence-corrected chi connectivity index (χ3v) is 5.26.